The Morgan fingerprint density at radius 2 is 1.79 bits per heavy atom. The van der Waals surface area contributed by atoms with Crippen LogP contribution in [0, 0.1) is 0 Å². The fraction of sp³-hybridized carbons (Fsp3) is 0.360. The van der Waals surface area contributed by atoms with Crippen LogP contribution in [0.15, 0.2) is 42.5 Å². The first-order valence-corrected chi connectivity index (χ1v) is 11.2. The van der Waals surface area contributed by atoms with E-state index in [0.717, 1.165) is 23.3 Å². The highest BCUT2D eigenvalue weighted by molar-refractivity contribution is 6.01. The molecule has 1 heterocycles. The molecule has 1 saturated heterocycles. The Labute approximate surface area is 192 Å². The van der Waals surface area contributed by atoms with E-state index in [-0.39, 0.29) is 43.1 Å². The molecule has 1 atom stereocenters. The van der Waals surface area contributed by atoms with Gasteiger partial charge in [-0.15, -0.1) is 0 Å². The molecule has 2 aliphatic rings. The number of imide groups is 1. The van der Waals surface area contributed by atoms with Gasteiger partial charge in [0.15, 0.2) is 6.61 Å². The summed E-state index contributed by atoms with van der Waals surface area (Å²) in [6.45, 7) is 1.66. The lowest BCUT2D eigenvalue weighted by Crippen LogP contribution is -2.31. The number of hydrogen-bond donors (Lipinski definition) is 2. The molecule has 172 valence electrons. The third-order valence-corrected chi connectivity index (χ3v) is 6.05. The number of benzene rings is 2. The van der Waals surface area contributed by atoms with Crippen LogP contribution in [-0.4, -0.2) is 41.9 Å². The van der Waals surface area contributed by atoms with E-state index in [4.69, 9.17) is 4.74 Å². The quantitative estimate of drug-likeness (QED) is 0.500. The average Bonchev–Trinajstić information content (AvgIpc) is 3.14. The van der Waals surface area contributed by atoms with Gasteiger partial charge in [0.25, 0.3) is 5.91 Å². The van der Waals surface area contributed by atoms with Crippen molar-refractivity contribution in [3.05, 3.63) is 70.3 Å². The van der Waals surface area contributed by atoms with Crippen molar-refractivity contribution >= 4 is 23.8 Å². The summed E-state index contributed by atoms with van der Waals surface area (Å²) in [6.07, 6.45) is 4.60. The van der Waals surface area contributed by atoms with Crippen LogP contribution in [0.1, 0.15) is 58.4 Å². The molecule has 0 spiro atoms. The average molecular weight is 450 g/mol. The van der Waals surface area contributed by atoms with E-state index in [2.05, 4.69) is 22.8 Å². The Balaban J connectivity index is 1.26. The maximum atomic E-state index is 12.3. The molecule has 1 fully saturated rings. The summed E-state index contributed by atoms with van der Waals surface area (Å²) >= 11 is 0. The van der Waals surface area contributed by atoms with Crippen LogP contribution in [-0.2, 0) is 33.7 Å². The summed E-state index contributed by atoms with van der Waals surface area (Å²) in [5.41, 5.74) is 4.76. The summed E-state index contributed by atoms with van der Waals surface area (Å²) in [5, 5.41) is 5.34. The number of ether oxygens (including phenoxy) is 1. The van der Waals surface area contributed by atoms with Gasteiger partial charge < -0.3 is 15.4 Å². The fourth-order valence-electron chi connectivity index (χ4n) is 4.15. The molecule has 4 rings (SSSR count). The molecule has 1 unspecified atom stereocenters. The van der Waals surface area contributed by atoms with Crippen LogP contribution < -0.4 is 10.6 Å². The van der Waals surface area contributed by atoms with Gasteiger partial charge in [0.05, 0.1) is 24.7 Å². The Morgan fingerprint density at radius 1 is 1.06 bits per heavy atom. The van der Waals surface area contributed by atoms with Crippen LogP contribution >= 0.6 is 0 Å². The molecular weight excluding hydrogens is 422 g/mol. The molecule has 0 radical (unpaired) electrons. The minimum atomic E-state index is -0.617. The maximum Gasteiger partial charge on any atom is 0.338 e. The summed E-state index contributed by atoms with van der Waals surface area (Å²) in [6, 6.07) is 12.1. The van der Waals surface area contributed by atoms with Gasteiger partial charge in [-0.3, -0.25) is 14.5 Å². The van der Waals surface area contributed by atoms with Crippen molar-refractivity contribution in [3.63, 3.8) is 0 Å². The predicted molar refractivity (Wildman–Crippen MR) is 120 cm³/mol. The van der Waals surface area contributed by atoms with E-state index in [1.807, 2.05) is 13.0 Å². The molecule has 2 aromatic carbocycles. The van der Waals surface area contributed by atoms with Gasteiger partial charge in [0.1, 0.15) is 0 Å². The topological polar surface area (TPSA) is 105 Å². The van der Waals surface area contributed by atoms with Gasteiger partial charge in [0, 0.05) is 0 Å². The van der Waals surface area contributed by atoms with Crippen molar-refractivity contribution in [2.45, 2.75) is 45.2 Å². The molecule has 0 aromatic heterocycles. The Morgan fingerprint density at radius 3 is 2.48 bits per heavy atom. The second-order valence-electron chi connectivity index (χ2n) is 8.44. The summed E-state index contributed by atoms with van der Waals surface area (Å²) in [7, 11) is 0. The standard InChI is InChI=1S/C25H27N3O5/c1-16(20-11-10-18-4-2-3-5-21(18)12-20)27-22(29)15-33-24(31)19-8-6-17(7-9-19)14-28-23(30)13-26-25(28)32/h6-12,16H,2-5,13-15H2,1H3,(H,26,32)(H,27,29). The minimum absolute atomic E-state index is 0.00358. The maximum absolute atomic E-state index is 12.3. The van der Waals surface area contributed by atoms with Crippen LogP contribution in [0.5, 0.6) is 0 Å². The lowest BCUT2D eigenvalue weighted by molar-refractivity contribution is -0.125. The monoisotopic (exact) mass is 449 g/mol. The van der Waals surface area contributed by atoms with E-state index >= 15 is 0 Å². The molecule has 33 heavy (non-hydrogen) atoms. The third kappa shape index (κ3) is 5.39. The van der Waals surface area contributed by atoms with E-state index in [0.29, 0.717) is 5.56 Å². The smallest absolute Gasteiger partial charge is 0.338 e. The molecule has 2 aromatic rings. The molecule has 4 amide bonds. The zero-order valence-corrected chi connectivity index (χ0v) is 18.6. The number of rotatable bonds is 7. The Kier molecular flexibility index (Phi) is 6.72. The highest BCUT2D eigenvalue weighted by atomic mass is 16.5. The van der Waals surface area contributed by atoms with Crippen molar-refractivity contribution < 1.29 is 23.9 Å². The number of nitrogens with one attached hydrogen (secondary N) is 2. The highest BCUT2D eigenvalue weighted by Gasteiger charge is 2.28. The van der Waals surface area contributed by atoms with Crippen LogP contribution in [0.4, 0.5) is 4.79 Å². The number of fused-ring (bicyclic) bond motifs is 1. The second-order valence-corrected chi connectivity index (χ2v) is 8.44. The van der Waals surface area contributed by atoms with Crippen LogP contribution in [0.25, 0.3) is 0 Å². The van der Waals surface area contributed by atoms with Crippen LogP contribution in [0.3, 0.4) is 0 Å². The first-order chi connectivity index (χ1) is 15.9. The molecule has 0 bridgehead atoms. The number of carbonyl (C=O) groups excluding carboxylic acids is 4. The lowest BCUT2D eigenvalue weighted by atomic mass is 9.89. The summed E-state index contributed by atoms with van der Waals surface area (Å²) in [5.74, 6) is -1.28. The fourth-order valence-corrected chi connectivity index (χ4v) is 4.15. The molecule has 0 saturated carbocycles. The van der Waals surface area contributed by atoms with Crippen molar-refractivity contribution in [1.82, 2.24) is 15.5 Å². The number of amides is 4. The largest absolute Gasteiger partial charge is 0.452 e. The van der Waals surface area contributed by atoms with Gasteiger partial charge in [-0.1, -0.05) is 30.3 Å². The molecule has 8 heteroatoms. The Bertz CT molecular complexity index is 1060. The summed E-state index contributed by atoms with van der Waals surface area (Å²) < 4.78 is 5.14. The van der Waals surface area contributed by atoms with Gasteiger partial charge in [0.2, 0.25) is 5.91 Å². The lowest BCUT2D eigenvalue weighted by Gasteiger charge is -2.20. The number of esters is 1. The Hall–Kier alpha value is -3.68. The number of aryl methyl sites for hydroxylation is 2. The van der Waals surface area contributed by atoms with Gasteiger partial charge >= 0.3 is 12.0 Å². The van der Waals surface area contributed by atoms with E-state index in [1.54, 1.807) is 24.3 Å². The molecule has 1 aliphatic carbocycles. The molecule has 2 N–H and O–H groups in total. The zero-order chi connectivity index (χ0) is 23.4. The van der Waals surface area contributed by atoms with Gasteiger partial charge in [-0.2, -0.15) is 0 Å². The first-order valence-electron chi connectivity index (χ1n) is 11.2. The van der Waals surface area contributed by atoms with E-state index < -0.39 is 12.0 Å². The highest BCUT2D eigenvalue weighted by Crippen LogP contribution is 2.24. The van der Waals surface area contributed by atoms with Gasteiger partial charge in [-0.05, 0) is 67.0 Å². The first kappa shape index (κ1) is 22.5. The van der Waals surface area contributed by atoms with Crippen molar-refractivity contribution in [2.24, 2.45) is 0 Å². The normalized spacial score (nSPS) is 16.1. The molecule has 1 aliphatic heterocycles. The number of urea groups is 1. The van der Waals surface area contributed by atoms with Crippen molar-refractivity contribution in [1.29, 1.82) is 0 Å². The van der Waals surface area contributed by atoms with Crippen molar-refractivity contribution in [2.75, 3.05) is 13.2 Å². The van der Waals surface area contributed by atoms with Gasteiger partial charge in [-0.25, -0.2) is 9.59 Å². The minimum Gasteiger partial charge on any atom is -0.452 e. The van der Waals surface area contributed by atoms with E-state index in [9.17, 15) is 19.2 Å². The number of nitrogens with zero attached hydrogens (tertiary/aromatic N) is 1. The van der Waals surface area contributed by atoms with Crippen LogP contribution in [0.2, 0.25) is 0 Å². The summed E-state index contributed by atoms with van der Waals surface area (Å²) in [4.78, 5) is 49.0. The molecular formula is C25H27N3O5. The predicted octanol–water partition coefficient (Wildman–Crippen LogP) is 2.65. The SMILES string of the molecule is CC(NC(=O)COC(=O)c1ccc(CN2C(=O)CNC2=O)cc1)c1ccc2c(c1)CCCC2. The number of carbonyl (C=O) groups is 4. The van der Waals surface area contributed by atoms with Crippen molar-refractivity contribution in [3.8, 4) is 0 Å². The zero-order valence-electron chi connectivity index (χ0n) is 18.6. The third-order valence-electron chi connectivity index (χ3n) is 6.05. The van der Waals surface area contributed by atoms with E-state index in [1.165, 1.54) is 24.0 Å². The molecule has 8 nitrogen and oxygen atoms in total. The number of hydrogen-bond acceptors (Lipinski definition) is 5. The second kappa shape index (κ2) is 9.85.